The van der Waals surface area contributed by atoms with Gasteiger partial charge in [0.2, 0.25) is 11.8 Å². The van der Waals surface area contributed by atoms with Gasteiger partial charge < -0.3 is 14.8 Å². The van der Waals surface area contributed by atoms with Gasteiger partial charge in [-0.2, -0.15) is 0 Å². The van der Waals surface area contributed by atoms with Crippen molar-refractivity contribution in [2.45, 2.75) is 20.8 Å². The fourth-order valence-corrected chi connectivity index (χ4v) is 2.28. The summed E-state index contributed by atoms with van der Waals surface area (Å²) in [5.74, 6) is 0.194. The molecule has 0 bridgehead atoms. The molecule has 0 radical (unpaired) electrons. The summed E-state index contributed by atoms with van der Waals surface area (Å²) in [5, 5.41) is 12.7. The van der Waals surface area contributed by atoms with E-state index in [4.69, 9.17) is 4.42 Å². The molecule has 0 unspecified atom stereocenters. The molecule has 2 aromatic carbocycles. The Morgan fingerprint density at radius 2 is 1.91 bits per heavy atom. The van der Waals surface area contributed by atoms with Crippen LogP contribution in [0.5, 0.6) is 5.75 Å². The number of nitrogens with zero attached hydrogens (tertiary/aromatic N) is 1. The van der Waals surface area contributed by atoms with E-state index in [1.807, 2.05) is 26.0 Å². The van der Waals surface area contributed by atoms with E-state index >= 15 is 0 Å². The second-order valence-electron chi connectivity index (χ2n) is 5.34. The first-order valence-corrected chi connectivity index (χ1v) is 6.93. The number of phenols is 1. The van der Waals surface area contributed by atoms with E-state index in [-0.39, 0.29) is 11.7 Å². The number of anilines is 1. The summed E-state index contributed by atoms with van der Waals surface area (Å²) in [6, 6.07) is 8.65. The third-order valence-electron chi connectivity index (χ3n) is 3.55. The Kier molecular flexibility index (Phi) is 3.33. The Balaban J connectivity index is 2.12. The summed E-state index contributed by atoms with van der Waals surface area (Å²) in [7, 11) is 0. The van der Waals surface area contributed by atoms with Crippen LogP contribution in [0.2, 0.25) is 0 Å². The first kappa shape index (κ1) is 14.1. The van der Waals surface area contributed by atoms with E-state index in [0.29, 0.717) is 22.7 Å². The normalized spacial score (nSPS) is 10.9. The molecule has 5 heteroatoms. The maximum Gasteiger partial charge on any atom is 0.231 e. The molecular formula is C17H16N2O3. The van der Waals surface area contributed by atoms with E-state index in [0.717, 1.165) is 16.6 Å². The third kappa shape index (κ3) is 2.53. The standard InChI is InChI=1S/C17H16N2O3/c1-9-6-14-16(7-10(9)2)22-17(19-14)13-8-12(18-11(3)20)4-5-15(13)21/h4-8,21H,1-3H3,(H,18,20). The van der Waals surface area contributed by atoms with Gasteiger partial charge in [-0.25, -0.2) is 4.98 Å². The summed E-state index contributed by atoms with van der Waals surface area (Å²) in [5.41, 5.74) is 4.67. The summed E-state index contributed by atoms with van der Waals surface area (Å²) in [4.78, 5) is 15.6. The molecule has 3 aromatic rings. The fourth-order valence-electron chi connectivity index (χ4n) is 2.28. The molecule has 0 fully saturated rings. The van der Waals surface area contributed by atoms with Crippen LogP contribution in [0.15, 0.2) is 34.7 Å². The number of carbonyl (C=O) groups excluding carboxylic acids is 1. The smallest absolute Gasteiger partial charge is 0.231 e. The van der Waals surface area contributed by atoms with Crippen LogP contribution >= 0.6 is 0 Å². The van der Waals surface area contributed by atoms with Crippen LogP contribution in [0.3, 0.4) is 0 Å². The second kappa shape index (κ2) is 5.18. The van der Waals surface area contributed by atoms with Crippen molar-refractivity contribution in [3.63, 3.8) is 0 Å². The minimum absolute atomic E-state index is 0.0501. The number of phenolic OH excluding ortho intramolecular Hbond substituents is 1. The molecule has 0 aliphatic heterocycles. The Labute approximate surface area is 127 Å². The molecule has 0 saturated carbocycles. The maximum atomic E-state index is 11.1. The molecule has 0 saturated heterocycles. The van der Waals surface area contributed by atoms with Gasteiger partial charge in [-0.15, -0.1) is 0 Å². The number of nitrogens with one attached hydrogen (secondary N) is 1. The summed E-state index contributed by atoms with van der Waals surface area (Å²) >= 11 is 0. The van der Waals surface area contributed by atoms with E-state index in [1.165, 1.54) is 13.0 Å². The number of benzene rings is 2. The Bertz CT molecular complexity index is 842. The van der Waals surface area contributed by atoms with Crippen molar-refractivity contribution in [2.75, 3.05) is 5.32 Å². The van der Waals surface area contributed by atoms with Crippen molar-refractivity contribution in [2.24, 2.45) is 0 Å². The third-order valence-corrected chi connectivity index (χ3v) is 3.55. The number of amides is 1. The van der Waals surface area contributed by atoms with Crippen LogP contribution < -0.4 is 5.32 Å². The first-order valence-electron chi connectivity index (χ1n) is 6.93. The van der Waals surface area contributed by atoms with E-state index < -0.39 is 0 Å². The monoisotopic (exact) mass is 296 g/mol. The summed E-state index contributed by atoms with van der Waals surface area (Å²) < 4.78 is 5.75. The molecule has 0 aliphatic rings. The number of fused-ring (bicyclic) bond motifs is 1. The lowest BCUT2D eigenvalue weighted by molar-refractivity contribution is -0.114. The van der Waals surface area contributed by atoms with Crippen molar-refractivity contribution in [3.05, 3.63) is 41.5 Å². The predicted molar refractivity (Wildman–Crippen MR) is 84.9 cm³/mol. The minimum atomic E-state index is -0.180. The van der Waals surface area contributed by atoms with Gasteiger partial charge in [-0.3, -0.25) is 4.79 Å². The molecule has 1 amide bonds. The lowest BCUT2D eigenvalue weighted by Crippen LogP contribution is -2.05. The zero-order chi connectivity index (χ0) is 15.9. The number of carbonyl (C=O) groups is 1. The van der Waals surface area contributed by atoms with Crippen molar-refractivity contribution in [1.29, 1.82) is 0 Å². The van der Waals surface area contributed by atoms with Gasteiger partial charge in [0.1, 0.15) is 11.3 Å². The number of aromatic hydroxyl groups is 1. The SMILES string of the molecule is CC(=O)Nc1ccc(O)c(-c2nc3cc(C)c(C)cc3o2)c1. The van der Waals surface area contributed by atoms with Gasteiger partial charge in [0.15, 0.2) is 5.58 Å². The highest BCUT2D eigenvalue weighted by molar-refractivity contribution is 5.90. The molecule has 0 aliphatic carbocycles. The molecule has 112 valence electrons. The zero-order valence-electron chi connectivity index (χ0n) is 12.6. The van der Waals surface area contributed by atoms with Crippen LogP contribution in [-0.2, 0) is 4.79 Å². The fraction of sp³-hybridized carbons (Fsp3) is 0.176. The van der Waals surface area contributed by atoms with Gasteiger partial charge in [-0.1, -0.05) is 0 Å². The molecule has 0 spiro atoms. The van der Waals surface area contributed by atoms with Crippen LogP contribution in [0, 0.1) is 13.8 Å². The van der Waals surface area contributed by atoms with Crippen LogP contribution in [0.4, 0.5) is 5.69 Å². The summed E-state index contributed by atoms with van der Waals surface area (Å²) in [6.07, 6.45) is 0. The largest absolute Gasteiger partial charge is 0.507 e. The van der Waals surface area contributed by atoms with Crippen LogP contribution in [-0.4, -0.2) is 16.0 Å². The Hall–Kier alpha value is -2.82. The highest BCUT2D eigenvalue weighted by atomic mass is 16.3. The van der Waals surface area contributed by atoms with E-state index in [9.17, 15) is 9.90 Å². The second-order valence-corrected chi connectivity index (χ2v) is 5.34. The number of aromatic nitrogens is 1. The molecule has 0 atom stereocenters. The number of oxazole rings is 1. The average Bonchev–Trinajstić information content (AvgIpc) is 2.83. The number of hydrogen-bond donors (Lipinski definition) is 2. The first-order chi connectivity index (χ1) is 10.4. The lowest BCUT2D eigenvalue weighted by atomic mass is 10.1. The molecule has 3 rings (SSSR count). The zero-order valence-corrected chi connectivity index (χ0v) is 12.6. The molecule has 22 heavy (non-hydrogen) atoms. The van der Waals surface area contributed by atoms with Gasteiger partial charge >= 0.3 is 0 Å². The van der Waals surface area contributed by atoms with Gasteiger partial charge in [-0.05, 0) is 55.3 Å². The Morgan fingerprint density at radius 1 is 1.18 bits per heavy atom. The topological polar surface area (TPSA) is 75.4 Å². The van der Waals surface area contributed by atoms with E-state index in [2.05, 4.69) is 10.3 Å². The highest BCUT2D eigenvalue weighted by Crippen LogP contribution is 2.33. The van der Waals surface area contributed by atoms with Crippen molar-refractivity contribution in [1.82, 2.24) is 4.98 Å². The van der Waals surface area contributed by atoms with Gasteiger partial charge in [0.05, 0.1) is 5.56 Å². The van der Waals surface area contributed by atoms with E-state index in [1.54, 1.807) is 12.1 Å². The average molecular weight is 296 g/mol. The number of aryl methyl sites for hydroxylation is 2. The van der Waals surface area contributed by atoms with Crippen LogP contribution in [0.25, 0.3) is 22.6 Å². The van der Waals surface area contributed by atoms with Crippen molar-refractivity contribution < 1.29 is 14.3 Å². The highest BCUT2D eigenvalue weighted by Gasteiger charge is 2.14. The summed E-state index contributed by atoms with van der Waals surface area (Å²) in [6.45, 7) is 5.45. The number of hydrogen-bond acceptors (Lipinski definition) is 4. The molecule has 1 heterocycles. The number of rotatable bonds is 2. The van der Waals surface area contributed by atoms with Crippen molar-refractivity contribution >= 4 is 22.7 Å². The van der Waals surface area contributed by atoms with Crippen LogP contribution in [0.1, 0.15) is 18.1 Å². The Morgan fingerprint density at radius 3 is 2.64 bits per heavy atom. The van der Waals surface area contributed by atoms with Gasteiger partial charge in [0.25, 0.3) is 0 Å². The predicted octanol–water partition coefficient (Wildman–Crippen LogP) is 3.78. The lowest BCUT2D eigenvalue weighted by Gasteiger charge is -2.05. The van der Waals surface area contributed by atoms with Gasteiger partial charge in [0, 0.05) is 12.6 Å². The molecule has 1 aromatic heterocycles. The minimum Gasteiger partial charge on any atom is -0.507 e. The molecular weight excluding hydrogens is 280 g/mol. The van der Waals surface area contributed by atoms with Crippen molar-refractivity contribution in [3.8, 4) is 17.2 Å². The maximum absolute atomic E-state index is 11.1. The quantitative estimate of drug-likeness (QED) is 0.706. The molecule has 2 N–H and O–H groups in total. The molecule has 5 nitrogen and oxygen atoms in total.